The molecule has 1 N–H and O–H groups in total. The van der Waals surface area contributed by atoms with Crippen molar-refractivity contribution in [3.8, 4) is 12.3 Å². The lowest BCUT2D eigenvalue weighted by atomic mass is 10.4. The molecule has 1 rings (SSSR count). The lowest BCUT2D eigenvalue weighted by Crippen LogP contribution is -2.24. The van der Waals surface area contributed by atoms with E-state index in [0.717, 1.165) is 4.68 Å². The SMILES string of the molecule is C#CCn1ncc(NCCCS(C)(=O)=O)c(Br)c1=O. The molecule has 0 atom stereocenters. The number of anilines is 1. The summed E-state index contributed by atoms with van der Waals surface area (Å²) in [5.74, 6) is 2.43. The Labute approximate surface area is 120 Å². The summed E-state index contributed by atoms with van der Waals surface area (Å²) in [6.07, 6.45) is 8.24. The second-order valence-electron chi connectivity index (χ2n) is 3.95. The lowest BCUT2D eigenvalue weighted by molar-refractivity contribution is 0.600. The molecule has 1 aromatic heterocycles. The van der Waals surface area contributed by atoms with Crippen LogP contribution in [-0.4, -0.2) is 36.8 Å². The summed E-state index contributed by atoms with van der Waals surface area (Å²) in [5, 5.41) is 6.86. The van der Waals surface area contributed by atoms with Gasteiger partial charge < -0.3 is 5.32 Å². The second-order valence-corrected chi connectivity index (χ2v) is 7.00. The molecule has 8 heteroatoms. The Hall–Kier alpha value is -1.33. The zero-order chi connectivity index (χ0) is 14.5. The van der Waals surface area contributed by atoms with Crippen molar-refractivity contribution in [2.24, 2.45) is 0 Å². The molecule has 0 fully saturated rings. The van der Waals surface area contributed by atoms with E-state index in [1.165, 1.54) is 12.5 Å². The topological polar surface area (TPSA) is 81.1 Å². The zero-order valence-electron chi connectivity index (χ0n) is 10.4. The number of nitrogens with zero attached hydrogens (tertiary/aromatic N) is 2. The van der Waals surface area contributed by atoms with E-state index in [2.05, 4.69) is 32.3 Å². The van der Waals surface area contributed by atoms with Gasteiger partial charge in [-0.3, -0.25) is 4.79 Å². The van der Waals surface area contributed by atoms with E-state index in [-0.39, 0.29) is 17.9 Å². The van der Waals surface area contributed by atoms with Crippen LogP contribution in [0.4, 0.5) is 5.69 Å². The van der Waals surface area contributed by atoms with Gasteiger partial charge in [-0.2, -0.15) is 5.10 Å². The van der Waals surface area contributed by atoms with Crippen LogP contribution in [0.5, 0.6) is 0 Å². The smallest absolute Gasteiger partial charge is 0.284 e. The van der Waals surface area contributed by atoms with E-state index in [1.807, 2.05) is 0 Å². The standard InChI is InChI=1S/C11H14BrN3O3S/c1-3-6-15-11(16)10(12)9(8-14-15)13-5-4-7-19(2,17)18/h1,8,13H,4-7H2,2H3. The summed E-state index contributed by atoms with van der Waals surface area (Å²) >= 11 is 3.17. The van der Waals surface area contributed by atoms with Gasteiger partial charge in [0.15, 0.2) is 0 Å². The molecule has 0 aliphatic rings. The van der Waals surface area contributed by atoms with Crippen LogP contribution in [0.3, 0.4) is 0 Å². The molecule has 6 nitrogen and oxygen atoms in total. The van der Waals surface area contributed by atoms with Crippen LogP contribution in [0.15, 0.2) is 15.5 Å². The average Bonchev–Trinajstić information content (AvgIpc) is 2.32. The normalized spacial score (nSPS) is 11.0. The number of hydrogen-bond donors (Lipinski definition) is 1. The van der Waals surface area contributed by atoms with E-state index >= 15 is 0 Å². The summed E-state index contributed by atoms with van der Waals surface area (Å²) in [5.41, 5.74) is 0.192. The van der Waals surface area contributed by atoms with Crippen LogP contribution >= 0.6 is 15.9 Å². The summed E-state index contributed by atoms with van der Waals surface area (Å²) in [7, 11) is -2.97. The first-order valence-corrected chi connectivity index (χ1v) is 8.31. The molecule has 0 bridgehead atoms. The number of nitrogens with one attached hydrogen (secondary N) is 1. The number of hydrogen-bond acceptors (Lipinski definition) is 5. The Morgan fingerprint density at radius 3 is 2.84 bits per heavy atom. The number of sulfone groups is 1. The predicted octanol–water partition coefficient (Wildman–Crippen LogP) is 0.486. The van der Waals surface area contributed by atoms with Gasteiger partial charge in [0.25, 0.3) is 5.56 Å². The van der Waals surface area contributed by atoms with Gasteiger partial charge >= 0.3 is 0 Å². The Balaban J connectivity index is 2.68. The maximum absolute atomic E-state index is 11.8. The highest BCUT2D eigenvalue weighted by molar-refractivity contribution is 9.10. The van der Waals surface area contributed by atoms with Crippen molar-refractivity contribution < 1.29 is 8.42 Å². The van der Waals surface area contributed by atoms with Crippen molar-refractivity contribution in [3.05, 3.63) is 21.0 Å². The molecule has 0 amide bonds. The molecule has 0 aliphatic carbocycles. The molecular weight excluding hydrogens is 334 g/mol. The minimum atomic E-state index is -2.97. The molecule has 0 saturated heterocycles. The molecule has 19 heavy (non-hydrogen) atoms. The molecule has 0 spiro atoms. The Morgan fingerprint density at radius 2 is 2.26 bits per heavy atom. The molecule has 0 radical (unpaired) electrons. The fourth-order valence-electron chi connectivity index (χ4n) is 1.34. The highest BCUT2D eigenvalue weighted by Gasteiger charge is 2.08. The summed E-state index contributed by atoms with van der Waals surface area (Å²) in [4.78, 5) is 11.8. The van der Waals surface area contributed by atoms with E-state index in [9.17, 15) is 13.2 Å². The third kappa shape index (κ3) is 5.04. The largest absolute Gasteiger partial charge is 0.383 e. The van der Waals surface area contributed by atoms with Gasteiger partial charge in [0.1, 0.15) is 20.9 Å². The molecule has 0 unspecified atom stereocenters. The molecule has 1 heterocycles. The van der Waals surface area contributed by atoms with Crippen molar-refractivity contribution >= 4 is 31.5 Å². The first-order valence-electron chi connectivity index (χ1n) is 5.46. The summed E-state index contributed by atoms with van der Waals surface area (Å²) < 4.78 is 23.4. The van der Waals surface area contributed by atoms with E-state index in [0.29, 0.717) is 23.1 Å². The fourth-order valence-corrected chi connectivity index (χ4v) is 2.46. The molecule has 104 valence electrons. The Kier molecular flexibility index (Phi) is 5.57. The van der Waals surface area contributed by atoms with Crippen molar-refractivity contribution in [1.29, 1.82) is 0 Å². The van der Waals surface area contributed by atoms with Gasteiger partial charge in [-0.05, 0) is 22.4 Å². The van der Waals surface area contributed by atoms with E-state index in [4.69, 9.17) is 6.42 Å². The van der Waals surface area contributed by atoms with E-state index < -0.39 is 9.84 Å². The third-order valence-electron chi connectivity index (χ3n) is 2.23. The van der Waals surface area contributed by atoms with Gasteiger partial charge in [-0.25, -0.2) is 13.1 Å². The molecule has 0 saturated carbocycles. The number of rotatable bonds is 6. The predicted molar refractivity (Wildman–Crippen MR) is 77.8 cm³/mol. The van der Waals surface area contributed by atoms with Crippen molar-refractivity contribution in [3.63, 3.8) is 0 Å². The van der Waals surface area contributed by atoms with Crippen LogP contribution in [0.2, 0.25) is 0 Å². The second kappa shape index (κ2) is 6.73. The number of terminal acetylenes is 1. The maximum Gasteiger partial charge on any atom is 0.284 e. The van der Waals surface area contributed by atoms with Crippen LogP contribution in [0.1, 0.15) is 6.42 Å². The summed E-state index contributed by atoms with van der Waals surface area (Å²) in [6.45, 7) is 0.539. The minimum Gasteiger partial charge on any atom is -0.383 e. The van der Waals surface area contributed by atoms with Crippen molar-refractivity contribution in [2.45, 2.75) is 13.0 Å². The first kappa shape index (κ1) is 15.7. The van der Waals surface area contributed by atoms with Gasteiger partial charge in [0.2, 0.25) is 0 Å². The first-order chi connectivity index (χ1) is 8.85. The number of aromatic nitrogens is 2. The highest BCUT2D eigenvalue weighted by atomic mass is 79.9. The van der Waals surface area contributed by atoms with E-state index in [1.54, 1.807) is 0 Å². The zero-order valence-corrected chi connectivity index (χ0v) is 12.8. The van der Waals surface area contributed by atoms with Crippen molar-refractivity contribution in [1.82, 2.24) is 9.78 Å². The third-order valence-corrected chi connectivity index (χ3v) is 4.03. The maximum atomic E-state index is 11.8. The quantitative estimate of drug-likeness (QED) is 0.598. The monoisotopic (exact) mass is 347 g/mol. The lowest BCUT2D eigenvalue weighted by Gasteiger charge is -2.08. The molecule has 1 aromatic rings. The molecular formula is C11H14BrN3O3S. The Morgan fingerprint density at radius 1 is 1.58 bits per heavy atom. The van der Waals surface area contributed by atoms with Gasteiger partial charge in [-0.1, -0.05) is 5.92 Å². The molecule has 0 aromatic carbocycles. The van der Waals surface area contributed by atoms with Crippen molar-refractivity contribution in [2.75, 3.05) is 23.9 Å². The van der Waals surface area contributed by atoms with Crippen LogP contribution in [-0.2, 0) is 16.4 Å². The van der Waals surface area contributed by atoms with Crippen LogP contribution < -0.4 is 10.9 Å². The highest BCUT2D eigenvalue weighted by Crippen LogP contribution is 2.15. The summed E-state index contributed by atoms with van der Waals surface area (Å²) in [6, 6.07) is 0. The van der Waals surface area contributed by atoms with Gasteiger partial charge in [0.05, 0.1) is 17.6 Å². The number of halogens is 1. The van der Waals surface area contributed by atoms with Crippen LogP contribution in [0.25, 0.3) is 0 Å². The Bertz CT molecular complexity index is 646. The minimum absolute atomic E-state index is 0.0964. The van der Waals surface area contributed by atoms with Crippen LogP contribution in [0, 0.1) is 12.3 Å². The fraction of sp³-hybridized carbons (Fsp3) is 0.455. The average molecular weight is 348 g/mol. The molecule has 0 aliphatic heterocycles. The van der Waals surface area contributed by atoms with Gasteiger partial charge in [0, 0.05) is 12.8 Å². The van der Waals surface area contributed by atoms with Gasteiger partial charge in [-0.15, -0.1) is 6.42 Å².